The van der Waals surface area contributed by atoms with E-state index in [-0.39, 0.29) is 5.78 Å². The molecule has 2 aromatic carbocycles. The van der Waals surface area contributed by atoms with E-state index in [1.54, 1.807) is 6.07 Å². The van der Waals surface area contributed by atoms with Crippen molar-refractivity contribution in [2.45, 2.75) is 6.92 Å². The summed E-state index contributed by atoms with van der Waals surface area (Å²) in [5.74, 6) is 0.318. The average molecular weight is 271 g/mol. The van der Waals surface area contributed by atoms with Crippen LogP contribution in [0.5, 0.6) is 0 Å². The van der Waals surface area contributed by atoms with Gasteiger partial charge in [0.05, 0.1) is 0 Å². The van der Waals surface area contributed by atoms with Crippen LogP contribution in [0.3, 0.4) is 0 Å². The van der Waals surface area contributed by atoms with Crippen LogP contribution >= 0.6 is 11.6 Å². The maximum Gasteiger partial charge on any atom is 0.194 e. The summed E-state index contributed by atoms with van der Waals surface area (Å²) in [5.41, 5.74) is 2.81. The van der Waals surface area contributed by atoms with Crippen molar-refractivity contribution in [3.05, 3.63) is 59.3 Å². The van der Waals surface area contributed by atoms with Crippen LogP contribution in [0, 0.1) is 0 Å². The van der Waals surface area contributed by atoms with Gasteiger partial charge in [0.1, 0.15) is 5.58 Å². The second-order valence-corrected chi connectivity index (χ2v) is 4.87. The van der Waals surface area contributed by atoms with Gasteiger partial charge in [0.25, 0.3) is 0 Å². The second kappa shape index (κ2) is 4.56. The third kappa shape index (κ3) is 2.27. The quantitative estimate of drug-likeness (QED) is 0.616. The van der Waals surface area contributed by atoms with Gasteiger partial charge in [-0.25, -0.2) is 0 Å². The zero-order chi connectivity index (χ0) is 13.4. The van der Waals surface area contributed by atoms with Crippen LogP contribution in [0.15, 0.2) is 52.9 Å². The van der Waals surface area contributed by atoms with Gasteiger partial charge in [0, 0.05) is 17.3 Å². The molecule has 3 aromatic rings. The molecule has 0 unspecified atom stereocenters. The van der Waals surface area contributed by atoms with Gasteiger partial charge < -0.3 is 4.42 Å². The highest BCUT2D eigenvalue weighted by Gasteiger charge is 2.08. The summed E-state index contributed by atoms with van der Waals surface area (Å²) in [6.07, 6.45) is 0. The van der Waals surface area contributed by atoms with Crippen LogP contribution in [0.1, 0.15) is 17.5 Å². The Balaban J connectivity index is 2.13. The van der Waals surface area contributed by atoms with Gasteiger partial charge in [-0.15, -0.1) is 0 Å². The van der Waals surface area contributed by atoms with Crippen molar-refractivity contribution in [2.24, 2.45) is 0 Å². The largest absolute Gasteiger partial charge is 0.453 e. The van der Waals surface area contributed by atoms with Gasteiger partial charge >= 0.3 is 0 Å². The number of rotatable bonds is 2. The standard InChI is InChI=1S/C16H11ClO2/c1-10(18)16-9-13-7-12(5-6-15(13)19-16)11-3-2-4-14(17)8-11/h2-9H,1H3. The van der Waals surface area contributed by atoms with Gasteiger partial charge in [-0.1, -0.05) is 29.8 Å². The molecule has 0 saturated carbocycles. The molecule has 94 valence electrons. The molecule has 3 heteroatoms. The lowest BCUT2D eigenvalue weighted by molar-refractivity contribution is 0.0989. The Bertz CT molecular complexity index is 771. The third-order valence-electron chi connectivity index (χ3n) is 3.02. The maximum atomic E-state index is 11.3. The molecule has 0 aliphatic carbocycles. The summed E-state index contributed by atoms with van der Waals surface area (Å²) >= 11 is 6.00. The molecular weight excluding hydrogens is 260 g/mol. The van der Waals surface area contributed by atoms with Crippen molar-refractivity contribution in [1.82, 2.24) is 0 Å². The average Bonchev–Trinajstić information content (AvgIpc) is 2.81. The van der Waals surface area contributed by atoms with Crippen LogP contribution in [-0.4, -0.2) is 5.78 Å². The molecule has 0 radical (unpaired) electrons. The number of hydrogen-bond acceptors (Lipinski definition) is 2. The number of halogens is 1. The predicted molar refractivity (Wildman–Crippen MR) is 76.7 cm³/mol. The minimum absolute atomic E-state index is 0.0690. The summed E-state index contributed by atoms with van der Waals surface area (Å²) in [4.78, 5) is 11.3. The number of hydrogen-bond donors (Lipinski definition) is 0. The number of carbonyl (C=O) groups is 1. The predicted octanol–water partition coefficient (Wildman–Crippen LogP) is 4.96. The van der Waals surface area contributed by atoms with Crippen molar-refractivity contribution in [2.75, 3.05) is 0 Å². The molecule has 19 heavy (non-hydrogen) atoms. The van der Waals surface area contributed by atoms with E-state index >= 15 is 0 Å². The number of furan rings is 1. The van der Waals surface area contributed by atoms with Crippen molar-refractivity contribution >= 4 is 28.4 Å². The summed E-state index contributed by atoms with van der Waals surface area (Å²) in [6, 6.07) is 15.3. The topological polar surface area (TPSA) is 30.2 Å². The van der Waals surface area contributed by atoms with Gasteiger partial charge in [-0.2, -0.15) is 0 Å². The molecule has 0 aliphatic heterocycles. The fraction of sp³-hybridized carbons (Fsp3) is 0.0625. The van der Waals surface area contributed by atoms with E-state index in [1.165, 1.54) is 6.92 Å². The molecule has 1 heterocycles. The van der Waals surface area contributed by atoms with Crippen molar-refractivity contribution in [3.8, 4) is 11.1 Å². The number of carbonyl (C=O) groups excluding carboxylic acids is 1. The minimum atomic E-state index is -0.0690. The fourth-order valence-corrected chi connectivity index (χ4v) is 2.25. The first-order chi connectivity index (χ1) is 9.13. The van der Waals surface area contributed by atoms with E-state index in [0.29, 0.717) is 10.8 Å². The molecule has 1 aromatic heterocycles. The molecule has 2 nitrogen and oxygen atoms in total. The Hall–Kier alpha value is -2.06. The van der Waals surface area contributed by atoms with E-state index in [4.69, 9.17) is 16.0 Å². The molecular formula is C16H11ClO2. The zero-order valence-corrected chi connectivity index (χ0v) is 11.1. The summed E-state index contributed by atoms with van der Waals surface area (Å²) in [6.45, 7) is 1.50. The lowest BCUT2D eigenvalue weighted by Crippen LogP contribution is -1.85. The molecule has 0 aliphatic rings. The van der Waals surface area contributed by atoms with Crippen LogP contribution in [0.2, 0.25) is 5.02 Å². The molecule has 0 fully saturated rings. The number of fused-ring (bicyclic) bond motifs is 1. The number of ketones is 1. The van der Waals surface area contributed by atoms with Crippen molar-refractivity contribution < 1.29 is 9.21 Å². The van der Waals surface area contributed by atoms with E-state index in [9.17, 15) is 4.79 Å². The first kappa shape index (κ1) is 12.0. The van der Waals surface area contributed by atoms with E-state index < -0.39 is 0 Å². The molecule has 0 N–H and O–H groups in total. The molecule has 0 spiro atoms. The van der Waals surface area contributed by atoms with E-state index in [1.807, 2.05) is 42.5 Å². The second-order valence-electron chi connectivity index (χ2n) is 4.43. The number of benzene rings is 2. The SMILES string of the molecule is CC(=O)c1cc2cc(-c3cccc(Cl)c3)ccc2o1. The lowest BCUT2D eigenvalue weighted by Gasteiger charge is -2.01. The maximum absolute atomic E-state index is 11.3. The van der Waals surface area contributed by atoms with Crippen LogP contribution < -0.4 is 0 Å². The highest BCUT2D eigenvalue weighted by atomic mass is 35.5. The van der Waals surface area contributed by atoms with Crippen LogP contribution in [-0.2, 0) is 0 Å². The van der Waals surface area contributed by atoms with Gasteiger partial charge in [0.2, 0.25) is 0 Å². The van der Waals surface area contributed by atoms with Gasteiger partial charge in [-0.05, 0) is 41.5 Å². The third-order valence-corrected chi connectivity index (χ3v) is 3.26. The molecule has 0 atom stereocenters. The zero-order valence-electron chi connectivity index (χ0n) is 10.3. The van der Waals surface area contributed by atoms with Gasteiger partial charge in [-0.3, -0.25) is 4.79 Å². The van der Waals surface area contributed by atoms with E-state index in [2.05, 4.69) is 0 Å². The molecule has 0 bridgehead atoms. The van der Waals surface area contributed by atoms with Crippen molar-refractivity contribution in [3.63, 3.8) is 0 Å². The monoisotopic (exact) mass is 270 g/mol. The highest BCUT2D eigenvalue weighted by Crippen LogP contribution is 2.28. The van der Waals surface area contributed by atoms with Crippen LogP contribution in [0.25, 0.3) is 22.1 Å². The summed E-state index contributed by atoms with van der Waals surface area (Å²) in [5, 5.41) is 1.62. The highest BCUT2D eigenvalue weighted by molar-refractivity contribution is 6.30. The number of Topliss-reactive ketones (excluding diaryl/α,β-unsaturated/α-hetero) is 1. The Kier molecular flexibility index (Phi) is 2.88. The molecule has 0 saturated heterocycles. The molecule has 3 rings (SSSR count). The fourth-order valence-electron chi connectivity index (χ4n) is 2.06. The van der Waals surface area contributed by atoms with Gasteiger partial charge in [0.15, 0.2) is 11.5 Å². The van der Waals surface area contributed by atoms with Crippen molar-refractivity contribution in [1.29, 1.82) is 0 Å². The lowest BCUT2D eigenvalue weighted by atomic mass is 10.0. The Morgan fingerprint density at radius 1 is 1.05 bits per heavy atom. The normalized spacial score (nSPS) is 10.8. The minimum Gasteiger partial charge on any atom is -0.453 e. The Labute approximate surface area is 115 Å². The molecule has 0 amide bonds. The Morgan fingerprint density at radius 2 is 1.84 bits per heavy atom. The first-order valence-corrected chi connectivity index (χ1v) is 6.32. The smallest absolute Gasteiger partial charge is 0.194 e. The summed E-state index contributed by atoms with van der Waals surface area (Å²) < 4.78 is 5.47. The van der Waals surface area contributed by atoms with Crippen LogP contribution in [0.4, 0.5) is 0 Å². The van der Waals surface area contributed by atoms with E-state index in [0.717, 1.165) is 22.1 Å². The Morgan fingerprint density at radius 3 is 2.58 bits per heavy atom. The first-order valence-electron chi connectivity index (χ1n) is 5.94. The summed E-state index contributed by atoms with van der Waals surface area (Å²) in [7, 11) is 0.